The number of nitrogens with zero attached hydrogens (tertiary/aromatic N) is 3. The van der Waals surface area contributed by atoms with E-state index in [0.717, 1.165) is 22.5 Å². The van der Waals surface area contributed by atoms with E-state index in [1.54, 1.807) is 5.01 Å². The lowest BCUT2D eigenvalue weighted by molar-refractivity contribution is 0.0409. The fraction of sp³-hybridized carbons (Fsp3) is 0.294. The van der Waals surface area contributed by atoms with Crippen LogP contribution in [0.25, 0.3) is 0 Å². The van der Waals surface area contributed by atoms with E-state index in [4.69, 9.17) is 10.5 Å². The summed E-state index contributed by atoms with van der Waals surface area (Å²) in [5.74, 6) is 0.348. The van der Waals surface area contributed by atoms with Gasteiger partial charge in [0.2, 0.25) is 0 Å². The lowest BCUT2D eigenvalue weighted by atomic mass is 9.92. The maximum absolute atomic E-state index is 9.54. The minimum absolute atomic E-state index is 0.348. The molecule has 0 spiro atoms. The van der Waals surface area contributed by atoms with E-state index in [0.29, 0.717) is 18.0 Å². The van der Waals surface area contributed by atoms with Gasteiger partial charge in [-0.15, -0.1) is 0 Å². The fourth-order valence-electron chi connectivity index (χ4n) is 2.60. The van der Waals surface area contributed by atoms with E-state index in [1.807, 2.05) is 51.1 Å². The van der Waals surface area contributed by atoms with Crippen molar-refractivity contribution in [1.82, 2.24) is 0 Å². The zero-order valence-corrected chi connectivity index (χ0v) is 12.9. The molecule has 2 aliphatic heterocycles. The molecule has 112 valence electrons. The Hall–Kier alpha value is -2.58. The van der Waals surface area contributed by atoms with E-state index in [1.165, 1.54) is 0 Å². The predicted octanol–water partition coefficient (Wildman–Crippen LogP) is 2.60. The third kappa shape index (κ3) is 2.38. The molecule has 0 amide bonds. The first-order valence-corrected chi connectivity index (χ1v) is 7.13. The molecule has 1 aromatic carbocycles. The molecule has 0 radical (unpaired) electrons. The Morgan fingerprint density at radius 2 is 2.18 bits per heavy atom. The molecule has 1 aromatic rings. The van der Waals surface area contributed by atoms with E-state index < -0.39 is 5.60 Å². The molecule has 0 saturated carbocycles. The second-order valence-electron chi connectivity index (χ2n) is 6.02. The van der Waals surface area contributed by atoms with Gasteiger partial charge in [0.1, 0.15) is 17.5 Å². The van der Waals surface area contributed by atoms with Crippen LogP contribution in [0.4, 0.5) is 5.69 Å². The van der Waals surface area contributed by atoms with Crippen LogP contribution in [0, 0.1) is 18.3 Å². The van der Waals surface area contributed by atoms with Gasteiger partial charge in [0.15, 0.2) is 0 Å². The molecule has 5 heteroatoms. The Bertz CT molecular complexity index is 765. The average Bonchev–Trinajstić information content (AvgIpc) is 2.46. The molecule has 22 heavy (non-hydrogen) atoms. The van der Waals surface area contributed by atoms with Crippen molar-refractivity contribution in [2.45, 2.75) is 26.4 Å². The number of hydrazone groups is 1. The third-order valence-corrected chi connectivity index (χ3v) is 3.72. The van der Waals surface area contributed by atoms with Crippen LogP contribution >= 0.6 is 0 Å². The largest absolute Gasteiger partial charge is 0.383 e. The normalized spacial score (nSPS) is 20.0. The van der Waals surface area contributed by atoms with Crippen LogP contribution in [0.5, 0.6) is 0 Å². The van der Waals surface area contributed by atoms with Gasteiger partial charge in [-0.1, -0.05) is 12.1 Å². The van der Waals surface area contributed by atoms with Crippen LogP contribution in [0.2, 0.25) is 0 Å². The molecular formula is C17H18N4O. The van der Waals surface area contributed by atoms with Crippen molar-refractivity contribution in [3.63, 3.8) is 0 Å². The van der Waals surface area contributed by atoms with Crippen LogP contribution in [0.3, 0.4) is 0 Å². The molecule has 0 bridgehead atoms. The van der Waals surface area contributed by atoms with Gasteiger partial charge in [-0.05, 0) is 44.5 Å². The summed E-state index contributed by atoms with van der Waals surface area (Å²) in [4.78, 5) is 0. The Kier molecular flexibility index (Phi) is 3.27. The molecule has 2 aliphatic rings. The van der Waals surface area contributed by atoms with Crippen molar-refractivity contribution in [1.29, 1.82) is 5.26 Å². The van der Waals surface area contributed by atoms with Crippen LogP contribution in [0.15, 0.2) is 52.4 Å². The minimum atomic E-state index is -0.428. The van der Waals surface area contributed by atoms with E-state index in [-0.39, 0.29) is 0 Å². The average molecular weight is 294 g/mol. The number of ether oxygens (including phenoxy) is 1. The molecule has 0 aromatic heterocycles. The van der Waals surface area contributed by atoms with Crippen molar-refractivity contribution in [3.8, 4) is 6.07 Å². The first kappa shape index (κ1) is 14.4. The first-order valence-electron chi connectivity index (χ1n) is 7.13. The van der Waals surface area contributed by atoms with Gasteiger partial charge < -0.3 is 10.5 Å². The van der Waals surface area contributed by atoms with Gasteiger partial charge >= 0.3 is 0 Å². The summed E-state index contributed by atoms with van der Waals surface area (Å²) >= 11 is 0. The summed E-state index contributed by atoms with van der Waals surface area (Å²) in [5, 5.41) is 15.7. The molecule has 2 N–H and O–H groups in total. The number of nitriles is 1. The monoisotopic (exact) mass is 294 g/mol. The fourth-order valence-corrected chi connectivity index (χ4v) is 2.60. The molecule has 0 unspecified atom stereocenters. The lowest BCUT2D eigenvalue weighted by Gasteiger charge is -2.34. The van der Waals surface area contributed by atoms with Gasteiger partial charge in [0.25, 0.3) is 0 Å². The van der Waals surface area contributed by atoms with Crippen LogP contribution < -0.4 is 10.7 Å². The van der Waals surface area contributed by atoms with Gasteiger partial charge in [-0.25, -0.2) is 5.01 Å². The zero-order valence-electron chi connectivity index (χ0n) is 12.9. The maximum atomic E-state index is 9.54. The second kappa shape index (κ2) is 5.00. The number of hydrogen-bond acceptors (Lipinski definition) is 5. The number of aryl methyl sites for hydroxylation is 1. The SMILES string of the molecule is Cc1cccc(N2N=C3COC(C)(C)C=C3C(C#N)=C2N)c1. The van der Waals surface area contributed by atoms with Crippen molar-refractivity contribution in [2.75, 3.05) is 11.6 Å². The number of rotatable bonds is 1. The molecule has 0 fully saturated rings. The minimum Gasteiger partial charge on any atom is -0.383 e. The first-order chi connectivity index (χ1) is 10.4. The van der Waals surface area contributed by atoms with Gasteiger partial charge in [-0.2, -0.15) is 10.4 Å². The molecular weight excluding hydrogens is 276 g/mol. The predicted molar refractivity (Wildman–Crippen MR) is 86.0 cm³/mol. The Morgan fingerprint density at radius 3 is 2.86 bits per heavy atom. The van der Waals surface area contributed by atoms with E-state index in [9.17, 15) is 5.26 Å². The summed E-state index contributed by atoms with van der Waals surface area (Å²) in [6.07, 6.45) is 1.91. The maximum Gasteiger partial charge on any atom is 0.144 e. The molecule has 0 atom stereocenters. The highest BCUT2D eigenvalue weighted by Gasteiger charge is 2.33. The topological polar surface area (TPSA) is 74.6 Å². The van der Waals surface area contributed by atoms with Crippen LogP contribution in [-0.4, -0.2) is 17.9 Å². The van der Waals surface area contributed by atoms with Crippen molar-refractivity contribution >= 4 is 11.4 Å². The second-order valence-corrected chi connectivity index (χ2v) is 6.02. The highest BCUT2D eigenvalue weighted by Crippen LogP contribution is 2.32. The summed E-state index contributed by atoms with van der Waals surface area (Å²) in [5.41, 5.74) is 9.67. The Morgan fingerprint density at radius 1 is 1.41 bits per heavy atom. The van der Waals surface area contributed by atoms with Crippen molar-refractivity contribution in [3.05, 3.63) is 52.9 Å². The van der Waals surface area contributed by atoms with Crippen LogP contribution in [0.1, 0.15) is 19.4 Å². The zero-order chi connectivity index (χ0) is 15.9. The summed E-state index contributed by atoms with van der Waals surface area (Å²) < 4.78 is 5.76. The third-order valence-electron chi connectivity index (χ3n) is 3.72. The van der Waals surface area contributed by atoms with Gasteiger partial charge in [0.05, 0.1) is 23.6 Å². The summed E-state index contributed by atoms with van der Waals surface area (Å²) in [7, 11) is 0. The molecule has 0 saturated heterocycles. The van der Waals surface area contributed by atoms with Gasteiger partial charge in [0, 0.05) is 5.57 Å². The molecule has 2 heterocycles. The summed E-state index contributed by atoms with van der Waals surface area (Å²) in [6, 6.07) is 10.1. The number of nitrogens with two attached hydrogens (primary N) is 1. The highest BCUT2D eigenvalue weighted by atomic mass is 16.5. The number of anilines is 1. The molecule has 0 aliphatic carbocycles. The standard InChI is InChI=1S/C17H18N4O/c1-11-5-4-6-12(7-11)21-16(19)14(9-18)13-8-17(2,3)22-10-15(13)20-21/h4-8H,10,19H2,1-3H3. The number of allylic oxidation sites excluding steroid dienone is 1. The highest BCUT2D eigenvalue weighted by molar-refractivity contribution is 6.08. The molecule has 3 rings (SSSR count). The Labute approximate surface area is 130 Å². The van der Waals surface area contributed by atoms with Crippen LogP contribution in [-0.2, 0) is 4.74 Å². The lowest BCUT2D eigenvalue weighted by Crippen LogP contribution is -2.39. The van der Waals surface area contributed by atoms with Crippen molar-refractivity contribution < 1.29 is 4.74 Å². The number of benzene rings is 1. The van der Waals surface area contributed by atoms with Gasteiger partial charge in [-0.3, -0.25) is 0 Å². The molecule has 5 nitrogen and oxygen atoms in total. The summed E-state index contributed by atoms with van der Waals surface area (Å²) in [6.45, 7) is 6.27. The quantitative estimate of drug-likeness (QED) is 0.864. The number of hydrogen-bond donors (Lipinski definition) is 1. The smallest absolute Gasteiger partial charge is 0.144 e. The van der Waals surface area contributed by atoms with E-state index in [2.05, 4.69) is 11.2 Å². The number of fused-ring (bicyclic) bond motifs is 1. The Balaban J connectivity index is 2.14. The van der Waals surface area contributed by atoms with Crippen molar-refractivity contribution in [2.24, 2.45) is 10.8 Å². The van der Waals surface area contributed by atoms with E-state index >= 15 is 0 Å².